The van der Waals surface area contributed by atoms with E-state index in [0.29, 0.717) is 0 Å². The first-order valence-electron chi connectivity index (χ1n) is 4.97. The second-order valence-electron chi connectivity index (χ2n) is 3.78. The van der Waals surface area contributed by atoms with Crippen molar-refractivity contribution >= 4 is 34.3 Å². The van der Waals surface area contributed by atoms with E-state index < -0.39 is 0 Å². The van der Waals surface area contributed by atoms with Gasteiger partial charge in [0.2, 0.25) is 0 Å². The fourth-order valence-electron chi connectivity index (χ4n) is 2.08. The van der Waals surface area contributed by atoms with Gasteiger partial charge in [0, 0.05) is 16.2 Å². The van der Waals surface area contributed by atoms with E-state index in [1.165, 1.54) is 21.5 Å². The van der Waals surface area contributed by atoms with Gasteiger partial charge in [-0.1, -0.05) is 17.7 Å². The Morgan fingerprint density at radius 1 is 1.40 bits per heavy atom. The Morgan fingerprint density at radius 2 is 2.27 bits per heavy atom. The highest BCUT2D eigenvalue weighted by Crippen LogP contribution is 2.35. The van der Waals surface area contributed by atoms with Crippen LogP contribution in [0.15, 0.2) is 23.2 Å². The van der Waals surface area contributed by atoms with E-state index in [1.54, 1.807) is 0 Å². The quantitative estimate of drug-likeness (QED) is 0.688. The van der Waals surface area contributed by atoms with Crippen LogP contribution < -0.4 is 0 Å². The molecule has 0 amide bonds. The van der Waals surface area contributed by atoms with E-state index >= 15 is 0 Å². The number of halogens is 1. The third-order valence-corrected chi connectivity index (χ3v) is 4.14. The third kappa shape index (κ3) is 1.44. The first kappa shape index (κ1) is 9.49. The predicted molar refractivity (Wildman–Crippen MR) is 65.9 cm³/mol. The summed E-state index contributed by atoms with van der Waals surface area (Å²) in [5, 5.41) is 3.19. The minimum Gasteiger partial charge on any atom is -0.241 e. The van der Waals surface area contributed by atoms with Gasteiger partial charge < -0.3 is 0 Å². The zero-order valence-electron chi connectivity index (χ0n) is 8.38. The summed E-state index contributed by atoms with van der Waals surface area (Å²) < 4.78 is 0. The Morgan fingerprint density at radius 3 is 3.13 bits per heavy atom. The van der Waals surface area contributed by atoms with Gasteiger partial charge in [-0.15, -0.1) is 11.8 Å². The number of nitrogens with zero attached hydrogens (tertiary/aromatic N) is 1. The van der Waals surface area contributed by atoms with E-state index in [1.807, 2.05) is 23.9 Å². The van der Waals surface area contributed by atoms with Crippen LogP contribution in [-0.4, -0.2) is 10.7 Å². The van der Waals surface area contributed by atoms with Crippen LogP contribution in [-0.2, 0) is 6.42 Å². The molecule has 1 aromatic carbocycles. The molecule has 2 heterocycles. The number of rotatable bonds is 0. The molecule has 15 heavy (non-hydrogen) atoms. The summed E-state index contributed by atoms with van der Waals surface area (Å²) in [5.74, 6) is 1.16. The van der Waals surface area contributed by atoms with Gasteiger partial charge in [-0.25, -0.2) is 4.98 Å². The maximum absolute atomic E-state index is 5.98. The van der Waals surface area contributed by atoms with Gasteiger partial charge in [-0.3, -0.25) is 0 Å². The first-order chi connectivity index (χ1) is 7.25. The molecule has 1 aliphatic rings. The molecule has 0 unspecified atom stereocenters. The van der Waals surface area contributed by atoms with Gasteiger partial charge in [0.25, 0.3) is 0 Å². The van der Waals surface area contributed by atoms with Crippen molar-refractivity contribution in [2.24, 2.45) is 0 Å². The molecule has 76 valence electrons. The number of aryl methyl sites for hydroxylation is 1. The molecule has 0 radical (unpaired) electrons. The van der Waals surface area contributed by atoms with Crippen LogP contribution >= 0.6 is 23.4 Å². The summed E-state index contributed by atoms with van der Waals surface area (Å²) in [6, 6.07) is 5.96. The first-order valence-corrected chi connectivity index (χ1v) is 6.33. The van der Waals surface area contributed by atoms with E-state index in [-0.39, 0.29) is 0 Å². The molecule has 1 nitrogen and oxygen atoms in total. The number of pyridine rings is 1. The fraction of sp³-hybridized carbons (Fsp3) is 0.250. The van der Waals surface area contributed by atoms with Gasteiger partial charge in [0.05, 0.1) is 5.52 Å². The summed E-state index contributed by atoms with van der Waals surface area (Å²) in [5.41, 5.74) is 3.82. The second kappa shape index (κ2) is 3.39. The number of hydrogen-bond acceptors (Lipinski definition) is 2. The van der Waals surface area contributed by atoms with Crippen LogP contribution in [0.4, 0.5) is 0 Å². The van der Waals surface area contributed by atoms with Crippen LogP contribution in [0, 0.1) is 6.92 Å². The van der Waals surface area contributed by atoms with E-state index in [2.05, 4.69) is 18.0 Å². The molecule has 2 aromatic rings. The largest absolute Gasteiger partial charge is 0.241 e. The molecule has 0 fully saturated rings. The Labute approximate surface area is 97.8 Å². The van der Waals surface area contributed by atoms with Crippen molar-refractivity contribution in [2.75, 3.05) is 5.75 Å². The molecule has 0 N–H and O–H groups in total. The van der Waals surface area contributed by atoms with Crippen molar-refractivity contribution in [3.05, 3.63) is 34.3 Å². The summed E-state index contributed by atoms with van der Waals surface area (Å²) in [7, 11) is 0. The standard InChI is InChI=1S/C12H10ClNS/c1-7-9-3-2-8(13)6-11(9)14-12-10(7)4-5-15-12/h2-3,6H,4-5H2,1H3. The average Bonchev–Trinajstić information content (AvgIpc) is 2.65. The topological polar surface area (TPSA) is 12.9 Å². The van der Waals surface area contributed by atoms with Crippen molar-refractivity contribution in [3.63, 3.8) is 0 Å². The van der Waals surface area contributed by atoms with Crippen LogP contribution in [0.2, 0.25) is 5.02 Å². The van der Waals surface area contributed by atoms with Gasteiger partial charge >= 0.3 is 0 Å². The number of aromatic nitrogens is 1. The zero-order valence-corrected chi connectivity index (χ0v) is 9.95. The van der Waals surface area contributed by atoms with Gasteiger partial charge in [0.15, 0.2) is 0 Å². The third-order valence-electron chi connectivity index (χ3n) is 2.89. The molecule has 0 saturated heterocycles. The molecule has 0 atom stereocenters. The molecule has 3 heteroatoms. The highest BCUT2D eigenvalue weighted by atomic mass is 35.5. The average molecular weight is 236 g/mol. The molecule has 0 saturated carbocycles. The lowest BCUT2D eigenvalue weighted by Crippen LogP contribution is -1.92. The molecular formula is C12H10ClNS. The molecular weight excluding hydrogens is 226 g/mol. The van der Waals surface area contributed by atoms with Crippen molar-refractivity contribution in [1.82, 2.24) is 4.98 Å². The van der Waals surface area contributed by atoms with Crippen LogP contribution in [0.1, 0.15) is 11.1 Å². The number of benzene rings is 1. The van der Waals surface area contributed by atoms with Crippen LogP contribution in [0.25, 0.3) is 10.9 Å². The molecule has 1 aliphatic heterocycles. The van der Waals surface area contributed by atoms with Gasteiger partial charge in [0.1, 0.15) is 5.03 Å². The summed E-state index contributed by atoms with van der Waals surface area (Å²) in [6.07, 6.45) is 1.15. The Bertz CT molecular complexity index is 551. The predicted octanol–water partition coefficient (Wildman–Crippen LogP) is 3.84. The molecule has 0 bridgehead atoms. The second-order valence-corrected chi connectivity index (χ2v) is 5.30. The van der Waals surface area contributed by atoms with Crippen molar-refractivity contribution in [3.8, 4) is 0 Å². The van der Waals surface area contributed by atoms with Gasteiger partial charge in [-0.2, -0.15) is 0 Å². The van der Waals surface area contributed by atoms with Crippen LogP contribution in [0.5, 0.6) is 0 Å². The molecule has 1 aromatic heterocycles. The normalized spacial score (nSPS) is 14.5. The van der Waals surface area contributed by atoms with Crippen molar-refractivity contribution < 1.29 is 0 Å². The fourth-order valence-corrected chi connectivity index (χ4v) is 3.34. The number of fused-ring (bicyclic) bond motifs is 2. The summed E-state index contributed by atoms with van der Waals surface area (Å²) >= 11 is 7.82. The monoisotopic (exact) mass is 235 g/mol. The Balaban J connectivity index is 2.41. The zero-order chi connectivity index (χ0) is 10.4. The Kier molecular flexibility index (Phi) is 2.15. The summed E-state index contributed by atoms with van der Waals surface area (Å²) in [6.45, 7) is 2.18. The smallest absolute Gasteiger partial charge is 0.100 e. The lowest BCUT2D eigenvalue weighted by Gasteiger charge is -2.07. The van der Waals surface area contributed by atoms with E-state index in [9.17, 15) is 0 Å². The van der Waals surface area contributed by atoms with E-state index in [0.717, 1.165) is 22.7 Å². The SMILES string of the molecule is Cc1c2c(nc3cc(Cl)ccc13)SCC2. The number of hydrogen-bond donors (Lipinski definition) is 0. The minimum absolute atomic E-state index is 0.761. The maximum atomic E-state index is 5.98. The van der Waals surface area contributed by atoms with Gasteiger partial charge in [-0.05, 0) is 36.6 Å². The van der Waals surface area contributed by atoms with Crippen molar-refractivity contribution in [2.45, 2.75) is 18.4 Å². The molecule has 0 aliphatic carbocycles. The molecule has 3 rings (SSSR count). The Hall–Kier alpha value is -0.730. The van der Waals surface area contributed by atoms with Crippen LogP contribution in [0.3, 0.4) is 0 Å². The number of thioether (sulfide) groups is 1. The highest BCUT2D eigenvalue weighted by Gasteiger charge is 2.17. The summed E-state index contributed by atoms with van der Waals surface area (Å²) in [4.78, 5) is 4.66. The molecule has 0 spiro atoms. The lowest BCUT2D eigenvalue weighted by atomic mass is 10.0. The maximum Gasteiger partial charge on any atom is 0.100 e. The van der Waals surface area contributed by atoms with Crippen molar-refractivity contribution in [1.29, 1.82) is 0 Å². The lowest BCUT2D eigenvalue weighted by molar-refractivity contribution is 1.05. The highest BCUT2D eigenvalue weighted by molar-refractivity contribution is 7.99. The van der Waals surface area contributed by atoms with E-state index in [4.69, 9.17) is 11.6 Å². The minimum atomic E-state index is 0.761.